The maximum Gasteiger partial charge on any atom is 0.303 e. The lowest BCUT2D eigenvalue weighted by Crippen LogP contribution is -1.89. The molecule has 0 aromatic carbocycles. The highest BCUT2D eigenvalue weighted by molar-refractivity contribution is 5.85. The van der Waals surface area contributed by atoms with E-state index in [9.17, 15) is 4.79 Å². The van der Waals surface area contributed by atoms with Crippen molar-refractivity contribution in [3.63, 3.8) is 0 Å². The van der Waals surface area contributed by atoms with E-state index in [4.69, 9.17) is 5.11 Å². The van der Waals surface area contributed by atoms with E-state index in [1.54, 1.807) is 6.92 Å². The van der Waals surface area contributed by atoms with Gasteiger partial charge in [0.25, 0.3) is 0 Å². The highest BCUT2D eigenvalue weighted by Gasteiger charge is 1.80. The van der Waals surface area contributed by atoms with Gasteiger partial charge in [-0.1, -0.05) is 6.92 Å². The van der Waals surface area contributed by atoms with E-state index >= 15 is 0 Å². The molecule has 2 N–H and O–H groups in total. The monoisotopic (exact) mass is 155 g/mol. The van der Waals surface area contributed by atoms with Crippen molar-refractivity contribution in [2.24, 2.45) is 0 Å². The van der Waals surface area contributed by atoms with Gasteiger partial charge >= 0.3 is 5.97 Å². The molecule has 0 fully saturated rings. The van der Waals surface area contributed by atoms with Crippen LogP contribution in [0.15, 0.2) is 0 Å². The quantitative estimate of drug-likeness (QED) is 0.587. The number of halogens is 1. The topological polar surface area (TPSA) is 49.3 Å². The van der Waals surface area contributed by atoms with Crippen LogP contribution in [0.25, 0.3) is 0 Å². The van der Waals surface area contributed by atoms with Gasteiger partial charge in [-0.05, 0) is 14.1 Å². The normalized spacial score (nSPS) is 6.11. The van der Waals surface area contributed by atoms with Crippen molar-refractivity contribution in [1.29, 1.82) is 0 Å². The zero-order chi connectivity index (χ0) is 6.99. The lowest BCUT2D eigenvalue weighted by Gasteiger charge is -1.71. The molecule has 0 atom stereocenters. The molecule has 9 heavy (non-hydrogen) atoms. The summed E-state index contributed by atoms with van der Waals surface area (Å²) in [6, 6.07) is 0. The first-order valence-corrected chi connectivity index (χ1v) is 2.49. The maximum atomic E-state index is 9.37. The molecule has 0 aliphatic carbocycles. The van der Waals surface area contributed by atoms with Crippen LogP contribution in [0.3, 0.4) is 0 Å². The minimum Gasteiger partial charge on any atom is -0.481 e. The van der Waals surface area contributed by atoms with Crippen LogP contribution in [-0.2, 0) is 4.79 Å². The van der Waals surface area contributed by atoms with Gasteiger partial charge in [-0.2, -0.15) is 0 Å². The van der Waals surface area contributed by atoms with Crippen molar-refractivity contribution < 1.29 is 9.90 Å². The van der Waals surface area contributed by atoms with Crippen molar-refractivity contribution in [2.75, 3.05) is 14.1 Å². The van der Waals surface area contributed by atoms with Gasteiger partial charge in [0.1, 0.15) is 0 Å². The Labute approximate surface area is 61.9 Å². The maximum absolute atomic E-state index is 9.37. The standard InChI is InChI=1S/C3H6O2.C2H7N.ClH/c1-2-3(4)5;1-3-2;/h2H2,1H3,(H,4,5);3H,1-2H3;1H. The molecular formula is C5H14ClNO2. The number of carboxylic acids is 1. The molecule has 0 heterocycles. The highest BCUT2D eigenvalue weighted by atomic mass is 35.5. The lowest BCUT2D eigenvalue weighted by atomic mass is 10.5. The number of aliphatic carboxylic acids is 1. The van der Waals surface area contributed by atoms with Crippen LogP contribution < -0.4 is 5.32 Å². The molecule has 0 saturated heterocycles. The zero-order valence-corrected chi connectivity index (χ0v) is 6.79. The Morgan fingerprint density at radius 2 is 1.67 bits per heavy atom. The highest BCUT2D eigenvalue weighted by Crippen LogP contribution is 1.67. The molecule has 0 aromatic rings. The molecule has 0 radical (unpaired) electrons. The number of hydrogen-bond donors (Lipinski definition) is 2. The third-order valence-corrected chi connectivity index (χ3v) is 0.302. The van der Waals surface area contributed by atoms with Crippen molar-refractivity contribution in [2.45, 2.75) is 13.3 Å². The molecule has 0 unspecified atom stereocenters. The molecule has 0 aromatic heterocycles. The summed E-state index contributed by atoms with van der Waals surface area (Å²) < 4.78 is 0. The summed E-state index contributed by atoms with van der Waals surface area (Å²) in [5, 5.41) is 10.5. The van der Waals surface area contributed by atoms with Crippen molar-refractivity contribution in [3.8, 4) is 0 Å². The molecule has 0 saturated carbocycles. The fourth-order valence-electron chi connectivity index (χ4n) is 0. The molecule has 0 bridgehead atoms. The minimum atomic E-state index is -0.745. The second kappa shape index (κ2) is 15.6. The fraction of sp³-hybridized carbons (Fsp3) is 0.800. The molecule has 0 amide bonds. The number of carboxylic acid groups (broad SMARTS) is 1. The van der Waals surface area contributed by atoms with Gasteiger partial charge < -0.3 is 10.4 Å². The summed E-state index contributed by atoms with van der Waals surface area (Å²) in [6.45, 7) is 1.60. The Kier molecular flexibility index (Phi) is 27.6. The Morgan fingerprint density at radius 1 is 1.56 bits per heavy atom. The van der Waals surface area contributed by atoms with E-state index in [0.717, 1.165) is 0 Å². The molecule has 0 spiro atoms. The molecule has 3 nitrogen and oxygen atoms in total. The van der Waals surface area contributed by atoms with Crippen LogP contribution in [-0.4, -0.2) is 25.2 Å². The molecule has 0 aliphatic rings. The van der Waals surface area contributed by atoms with E-state index in [1.807, 2.05) is 14.1 Å². The number of nitrogens with one attached hydrogen (secondary N) is 1. The number of hydrogen-bond acceptors (Lipinski definition) is 2. The van der Waals surface area contributed by atoms with E-state index in [1.165, 1.54) is 0 Å². The lowest BCUT2D eigenvalue weighted by molar-refractivity contribution is -0.136. The second-order valence-corrected chi connectivity index (χ2v) is 1.25. The van der Waals surface area contributed by atoms with Crippen LogP contribution in [0.1, 0.15) is 13.3 Å². The molecular weight excluding hydrogens is 142 g/mol. The van der Waals surface area contributed by atoms with E-state index in [-0.39, 0.29) is 18.8 Å². The summed E-state index contributed by atoms with van der Waals surface area (Å²) in [5.74, 6) is -0.745. The summed E-state index contributed by atoms with van der Waals surface area (Å²) in [6.07, 6.45) is 0.222. The number of rotatable bonds is 1. The summed E-state index contributed by atoms with van der Waals surface area (Å²) >= 11 is 0. The number of carbonyl (C=O) groups is 1. The van der Waals surface area contributed by atoms with Crippen molar-refractivity contribution >= 4 is 18.4 Å². The van der Waals surface area contributed by atoms with Gasteiger partial charge in [0.15, 0.2) is 0 Å². The van der Waals surface area contributed by atoms with Crippen LogP contribution >= 0.6 is 12.4 Å². The minimum absolute atomic E-state index is 0. The third-order valence-electron chi connectivity index (χ3n) is 0.302. The van der Waals surface area contributed by atoms with Gasteiger partial charge in [0.05, 0.1) is 0 Å². The van der Waals surface area contributed by atoms with Crippen molar-refractivity contribution in [1.82, 2.24) is 5.32 Å². The SMILES string of the molecule is CCC(=O)O.CNC.Cl. The van der Waals surface area contributed by atoms with E-state index < -0.39 is 5.97 Å². The summed E-state index contributed by atoms with van der Waals surface area (Å²) in [7, 11) is 3.75. The third kappa shape index (κ3) is 85.4. The Hall–Kier alpha value is -0.280. The predicted molar refractivity (Wildman–Crippen MR) is 40.2 cm³/mol. The van der Waals surface area contributed by atoms with Gasteiger partial charge in [-0.3, -0.25) is 4.79 Å². The van der Waals surface area contributed by atoms with Crippen LogP contribution in [0.5, 0.6) is 0 Å². The zero-order valence-electron chi connectivity index (χ0n) is 5.97. The van der Waals surface area contributed by atoms with Gasteiger partial charge in [0, 0.05) is 6.42 Å². The average Bonchev–Trinajstić information content (AvgIpc) is 1.69. The largest absolute Gasteiger partial charge is 0.481 e. The summed E-state index contributed by atoms with van der Waals surface area (Å²) in [5.41, 5.74) is 0. The first-order chi connectivity index (χ1) is 3.68. The Morgan fingerprint density at radius 3 is 1.67 bits per heavy atom. The van der Waals surface area contributed by atoms with Gasteiger partial charge in [0.2, 0.25) is 0 Å². The first-order valence-electron chi connectivity index (χ1n) is 2.49. The molecule has 58 valence electrons. The Bertz CT molecular complexity index is 58.9. The van der Waals surface area contributed by atoms with Gasteiger partial charge in [-0.25, -0.2) is 0 Å². The van der Waals surface area contributed by atoms with E-state index in [2.05, 4.69) is 5.32 Å². The average molecular weight is 156 g/mol. The first kappa shape index (κ1) is 15.9. The van der Waals surface area contributed by atoms with Crippen molar-refractivity contribution in [3.05, 3.63) is 0 Å². The smallest absolute Gasteiger partial charge is 0.303 e. The molecule has 0 rings (SSSR count). The Balaban J connectivity index is -0.0000000800. The second-order valence-electron chi connectivity index (χ2n) is 1.25. The van der Waals surface area contributed by atoms with Gasteiger partial charge in [-0.15, -0.1) is 12.4 Å². The van der Waals surface area contributed by atoms with Crippen LogP contribution in [0.4, 0.5) is 0 Å². The van der Waals surface area contributed by atoms with Crippen LogP contribution in [0, 0.1) is 0 Å². The molecule has 0 aliphatic heterocycles. The summed E-state index contributed by atoms with van der Waals surface area (Å²) in [4.78, 5) is 9.37. The van der Waals surface area contributed by atoms with Crippen LogP contribution in [0.2, 0.25) is 0 Å². The molecule has 4 heteroatoms. The predicted octanol–water partition coefficient (Wildman–Crippen LogP) is 0.738. The van der Waals surface area contributed by atoms with E-state index in [0.29, 0.717) is 0 Å². The fourth-order valence-corrected chi connectivity index (χ4v) is 0.